The third-order valence-electron chi connectivity index (χ3n) is 4.68. The lowest BCUT2D eigenvalue weighted by molar-refractivity contribution is 0.0950. The number of fused-ring (bicyclic) bond motifs is 1. The van der Waals surface area contributed by atoms with Gasteiger partial charge in [-0.3, -0.25) is 9.89 Å². The largest absolute Gasteiger partial charge is 0.348 e. The van der Waals surface area contributed by atoms with E-state index in [-0.39, 0.29) is 22.2 Å². The molecule has 30 heavy (non-hydrogen) atoms. The summed E-state index contributed by atoms with van der Waals surface area (Å²) in [5.74, 6) is -0.281. The Bertz CT molecular complexity index is 1350. The normalized spacial score (nSPS) is 11.5. The van der Waals surface area contributed by atoms with Gasteiger partial charge in [-0.05, 0) is 48.4 Å². The van der Waals surface area contributed by atoms with Crippen molar-refractivity contribution in [1.29, 1.82) is 0 Å². The molecular formula is C21H17ClN4O3S. The van der Waals surface area contributed by atoms with Gasteiger partial charge in [0, 0.05) is 23.2 Å². The van der Waals surface area contributed by atoms with E-state index in [1.807, 2.05) is 0 Å². The van der Waals surface area contributed by atoms with Crippen molar-refractivity contribution in [2.45, 2.75) is 23.3 Å². The van der Waals surface area contributed by atoms with Crippen molar-refractivity contribution in [2.24, 2.45) is 0 Å². The van der Waals surface area contributed by atoms with Gasteiger partial charge in [0.15, 0.2) is 5.65 Å². The number of carbonyl (C=O) groups excluding carboxylic acids is 1. The molecule has 0 aliphatic rings. The number of nitrogens with zero attached hydrogens (tertiary/aromatic N) is 2. The number of hydrogen-bond acceptors (Lipinski definition) is 5. The molecule has 2 heterocycles. The Morgan fingerprint density at radius 3 is 2.63 bits per heavy atom. The molecular weight excluding hydrogens is 424 g/mol. The number of halogens is 1. The molecule has 0 aliphatic heterocycles. The Hall–Kier alpha value is -3.23. The van der Waals surface area contributed by atoms with Crippen LogP contribution in [0.4, 0.5) is 0 Å². The molecule has 9 heteroatoms. The van der Waals surface area contributed by atoms with Gasteiger partial charge in [-0.1, -0.05) is 29.8 Å². The molecule has 0 radical (unpaired) electrons. The van der Waals surface area contributed by atoms with Crippen LogP contribution in [0.15, 0.2) is 70.7 Å². The van der Waals surface area contributed by atoms with Gasteiger partial charge in [0.05, 0.1) is 21.6 Å². The van der Waals surface area contributed by atoms with E-state index in [0.717, 1.165) is 10.9 Å². The van der Waals surface area contributed by atoms with Crippen molar-refractivity contribution >= 4 is 38.4 Å². The van der Waals surface area contributed by atoms with E-state index in [2.05, 4.69) is 20.5 Å². The fourth-order valence-electron chi connectivity index (χ4n) is 3.02. The van der Waals surface area contributed by atoms with Crippen molar-refractivity contribution < 1.29 is 13.2 Å². The first-order chi connectivity index (χ1) is 14.3. The maximum Gasteiger partial charge on any atom is 0.253 e. The second-order valence-corrected chi connectivity index (χ2v) is 9.13. The molecule has 0 atom stereocenters. The molecule has 2 aromatic carbocycles. The molecule has 2 aromatic heterocycles. The van der Waals surface area contributed by atoms with Crippen LogP contribution < -0.4 is 5.32 Å². The number of aromatic nitrogens is 3. The first kappa shape index (κ1) is 20.1. The third kappa shape index (κ3) is 3.92. The molecule has 0 fully saturated rings. The summed E-state index contributed by atoms with van der Waals surface area (Å²) in [5.41, 5.74) is 2.42. The van der Waals surface area contributed by atoms with E-state index in [4.69, 9.17) is 11.6 Å². The number of sulfone groups is 1. The number of rotatable bonds is 5. The molecule has 0 saturated carbocycles. The zero-order valence-corrected chi connectivity index (χ0v) is 17.5. The highest BCUT2D eigenvalue weighted by atomic mass is 35.5. The number of aryl methyl sites for hydroxylation is 1. The number of aromatic amines is 1. The summed E-state index contributed by atoms with van der Waals surface area (Å²) < 4.78 is 25.8. The highest BCUT2D eigenvalue weighted by Gasteiger charge is 2.20. The van der Waals surface area contributed by atoms with E-state index in [9.17, 15) is 13.2 Å². The number of amides is 1. The van der Waals surface area contributed by atoms with Crippen LogP contribution in [0.3, 0.4) is 0 Å². The van der Waals surface area contributed by atoms with E-state index < -0.39 is 9.84 Å². The molecule has 4 aromatic rings. The lowest BCUT2D eigenvalue weighted by atomic mass is 10.2. The van der Waals surface area contributed by atoms with E-state index in [1.165, 1.54) is 24.4 Å². The van der Waals surface area contributed by atoms with Crippen molar-refractivity contribution in [2.75, 3.05) is 0 Å². The Labute approximate surface area is 178 Å². The third-order valence-corrected chi connectivity index (χ3v) is 6.83. The molecule has 0 aliphatic carbocycles. The SMILES string of the molecule is Cc1ccc(Cl)cc1S(=O)(=O)c1ccc(CNC(=O)c2cnc3[nH]ncc3c2)cc1. The minimum atomic E-state index is -3.69. The summed E-state index contributed by atoms with van der Waals surface area (Å²) in [6, 6.07) is 12.9. The molecule has 7 nitrogen and oxygen atoms in total. The number of H-pyrrole nitrogens is 1. The van der Waals surface area contributed by atoms with Crippen molar-refractivity contribution in [3.8, 4) is 0 Å². The van der Waals surface area contributed by atoms with Crippen LogP contribution in [0.1, 0.15) is 21.5 Å². The summed E-state index contributed by atoms with van der Waals surface area (Å²) in [4.78, 5) is 16.9. The summed E-state index contributed by atoms with van der Waals surface area (Å²) in [7, 11) is -3.69. The Balaban J connectivity index is 1.48. The second kappa shape index (κ2) is 7.89. The van der Waals surface area contributed by atoms with Crippen LogP contribution in [0.2, 0.25) is 5.02 Å². The van der Waals surface area contributed by atoms with E-state index in [0.29, 0.717) is 21.8 Å². The standard InChI is InChI=1S/C21H17ClN4O3S/c1-13-2-5-17(22)9-19(13)30(28,29)18-6-3-14(4-7-18)10-24-21(27)16-8-15-12-25-26-20(15)23-11-16/h2-9,11-12H,10H2,1H3,(H,24,27)(H,23,25,26). The fourth-order valence-corrected chi connectivity index (χ4v) is 4.78. The first-order valence-electron chi connectivity index (χ1n) is 9.02. The zero-order valence-electron chi connectivity index (χ0n) is 15.9. The molecule has 0 bridgehead atoms. The number of nitrogens with one attached hydrogen (secondary N) is 2. The van der Waals surface area contributed by atoms with Gasteiger partial charge in [-0.25, -0.2) is 13.4 Å². The van der Waals surface area contributed by atoms with Gasteiger partial charge in [0.1, 0.15) is 0 Å². The number of pyridine rings is 1. The number of benzene rings is 2. The van der Waals surface area contributed by atoms with E-state index in [1.54, 1.807) is 43.5 Å². The fraction of sp³-hybridized carbons (Fsp3) is 0.0952. The van der Waals surface area contributed by atoms with Crippen LogP contribution in [0, 0.1) is 6.92 Å². The van der Waals surface area contributed by atoms with Gasteiger partial charge in [-0.15, -0.1) is 0 Å². The minimum Gasteiger partial charge on any atom is -0.348 e. The second-order valence-electron chi connectivity index (χ2n) is 6.77. The lowest BCUT2D eigenvalue weighted by Gasteiger charge is -2.10. The smallest absolute Gasteiger partial charge is 0.253 e. The lowest BCUT2D eigenvalue weighted by Crippen LogP contribution is -2.22. The highest BCUT2D eigenvalue weighted by molar-refractivity contribution is 7.91. The van der Waals surface area contributed by atoms with Gasteiger partial charge in [0.2, 0.25) is 9.84 Å². The van der Waals surface area contributed by atoms with Crippen molar-refractivity contribution in [3.05, 3.63) is 82.6 Å². The molecule has 1 amide bonds. The average Bonchev–Trinajstić information content (AvgIpc) is 3.22. The Morgan fingerprint density at radius 1 is 1.10 bits per heavy atom. The maximum absolute atomic E-state index is 12.9. The minimum absolute atomic E-state index is 0.164. The average molecular weight is 441 g/mol. The number of hydrogen-bond donors (Lipinski definition) is 2. The molecule has 0 spiro atoms. The summed E-state index contributed by atoms with van der Waals surface area (Å²) in [5, 5.41) is 10.5. The van der Waals surface area contributed by atoms with Gasteiger partial charge in [-0.2, -0.15) is 5.10 Å². The monoisotopic (exact) mass is 440 g/mol. The Morgan fingerprint density at radius 2 is 1.87 bits per heavy atom. The predicted octanol–water partition coefficient (Wildman–Crippen LogP) is 3.68. The number of carbonyl (C=O) groups is 1. The highest BCUT2D eigenvalue weighted by Crippen LogP contribution is 2.26. The van der Waals surface area contributed by atoms with Crippen LogP contribution in [-0.4, -0.2) is 29.5 Å². The molecule has 4 rings (SSSR count). The topological polar surface area (TPSA) is 105 Å². The molecule has 0 unspecified atom stereocenters. The van der Waals surface area contributed by atoms with Crippen LogP contribution >= 0.6 is 11.6 Å². The zero-order chi connectivity index (χ0) is 21.3. The molecule has 0 saturated heterocycles. The summed E-state index contributed by atoms with van der Waals surface area (Å²) >= 11 is 5.97. The van der Waals surface area contributed by atoms with Gasteiger partial charge in [0.25, 0.3) is 5.91 Å². The van der Waals surface area contributed by atoms with Crippen LogP contribution in [-0.2, 0) is 16.4 Å². The van der Waals surface area contributed by atoms with Crippen LogP contribution in [0.5, 0.6) is 0 Å². The molecule has 2 N–H and O–H groups in total. The molecule has 152 valence electrons. The maximum atomic E-state index is 12.9. The quantitative estimate of drug-likeness (QED) is 0.492. The van der Waals surface area contributed by atoms with Crippen LogP contribution in [0.25, 0.3) is 11.0 Å². The Kier molecular flexibility index (Phi) is 5.27. The van der Waals surface area contributed by atoms with Gasteiger partial charge >= 0.3 is 0 Å². The van der Waals surface area contributed by atoms with Gasteiger partial charge < -0.3 is 5.32 Å². The summed E-state index contributed by atoms with van der Waals surface area (Å²) in [6.45, 7) is 1.97. The first-order valence-corrected chi connectivity index (χ1v) is 10.9. The van der Waals surface area contributed by atoms with E-state index >= 15 is 0 Å². The summed E-state index contributed by atoms with van der Waals surface area (Å²) in [6.07, 6.45) is 3.07. The van der Waals surface area contributed by atoms with Crippen molar-refractivity contribution in [3.63, 3.8) is 0 Å². The predicted molar refractivity (Wildman–Crippen MR) is 113 cm³/mol. The van der Waals surface area contributed by atoms with Crippen molar-refractivity contribution in [1.82, 2.24) is 20.5 Å².